The number of hydrogen-bond donors (Lipinski definition) is 0. The van der Waals surface area contributed by atoms with E-state index in [1.807, 2.05) is 0 Å². The molecule has 2 atom stereocenters. The first kappa shape index (κ1) is 7.10. The van der Waals surface area contributed by atoms with E-state index in [4.69, 9.17) is 4.74 Å². The molecule has 0 aliphatic carbocycles. The Kier molecular flexibility index (Phi) is 2.14. The molecule has 0 saturated carbocycles. The molecule has 1 rings (SSSR count). The molecular formula is C6H14BNO. The van der Waals surface area contributed by atoms with Crippen LogP contribution >= 0.6 is 0 Å². The molecule has 1 aliphatic heterocycles. The van der Waals surface area contributed by atoms with Crippen molar-refractivity contribution < 1.29 is 4.74 Å². The quantitative estimate of drug-likeness (QED) is 0.435. The molecule has 3 heteroatoms. The SMILES string of the molecule is BC1CN(C)CC1OC. The smallest absolute Gasteiger partial charge is 0.110 e. The zero-order chi connectivity index (χ0) is 6.85. The van der Waals surface area contributed by atoms with E-state index < -0.39 is 0 Å². The molecule has 1 fully saturated rings. The van der Waals surface area contributed by atoms with Gasteiger partial charge in [0, 0.05) is 13.7 Å². The summed E-state index contributed by atoms with van der Waals surface area (Å²) in [6, 6.07) is 0. The summed E-state index contributed by atoms with van der Waals surface area (Å²) < 4.78 is 5.25. The fourth-order valence-corrected chi connectivity index (χ4v) is 1.48. The van der Waals surface area contributed by atoms with E-state index in [0.29, 0.717) is 11.9 Å². The van der Waals surface area contributed by atoms with Gasteiger partial charge in [0.2, 0.25) is 0 Å². The van der Waals surface area contributed by atoms with Gasteiger partial charge in [-0.15, -0.1) is 0 Å². The monoisotopic (exact) mass is 127 g/mol. The molecule has 0 aromatic rings. The summed E-state index contributed by atoms with van der Waals surface area (Å²) in [5, 5.41) is 0. The van der Waals surface area contributed by atoms with Crippen molar-refractivity contribution in [1.29, 1.82) is 0 Å². The highest BCUT2D eigenvalue weighted by molar-refractivity contribution is 6.12. The van der Waals surface area contributed by atoms with E-state index in [-0.39, 0.29) is 0 Å². The van der Waals surface area contributed by atoms with Crippen molar-refractivity contribution in [3.63, 3.8) is 0 Å². The fourth-order valence-electron chi connectivity index (χ4n) is 1.48. The Balaban J connectivity index is 2.38. The number of methoxy groups -OCH3 is 1. The Hall–Kier alpha value is -0.0151. The van der Waals surface area contributed by atoms with E-state index in [1.165, 1.54) is 6.54 Å². The third kappa shape index (κ3) is 1.46. The Morgan fingerprint density at radius 3 is 2.44 bits per heavy atom. The summed E-state index contributed by atoms with van der Waals surface area (Å²) in [5.41, 5.74) is 0. The lowest BCUT2D eigenvalue weighted by molar-refractivity contribution is 0.111. The van der Waals surface area contributed by atoms with Gasteiger partial charge in [0.15, 0.2) is 0 Å². The van der Waals surface area contributed by atoms with Crippen LogP contribution in [0.1, 0.15) is 0 Å². The normalized spacial score (nSPS) is 37.6. The summed E-state index contributed by atoms with van der Waals surface area (Å²) in [6.45, 7) is 2.27. The zero-order valence-electron chi connectivity index (χ0n) is 6.42. The number of nitrogens with zero attached hydrogens (tertiary/aromatic N) is 1. The standard InChI is InChI=1S/C6H14BNO/c1-8-3-5(7)6(4-8)9-2/h5-6H,3-4,7H2,1-2H3. The molecular weight excluding hydrogens is 113 g/mol. The second-order valence-corrected chi connectivity index (χ2v) is 2.97. The lowest BCUT2D eigenvalue weighted by Gasteiger charge is -2.10. The summed E-state index contributed by atoms with van der Waals surface area (Å²) in [6.07, 6.45) is 0.468. The zero-order valence-corrected chi connectivity index (χ0v) is 6.42. The van der Waals surface area contributed by atoms with Crippen LogP contribution in [0.3, 0.4) is 0 Å². The second kappa shape index (κ2) is 2.71. The fraction of sp³-hybridized carbons (Fsp3) is 1.00. The van der Waals surface area contributed by atoms with E-state index in [1.54, 1.807) is 7.11 Å². The van der Waals surface area contributed by atoms with Crippen LogP contribution in [0.15, 0.2) is 0 Å². The van der Waals surface area contributed by atoms with Crippen LogP contribution in [0.2, 0.25) is 5.82 Å². The van der Waals surface area contributed by atoms with Gasteiger partial charge in [-0.2, -0.15) is 0 Å². The van der Waals surface area contributed by atoms with Crippen molar-refractivity contribution in [2.75, 3.05) is 27.2 Å². The molecule has 2 unspecified atom stereocenters. The molecule has 0 spiro atoms. The van der Waals surface area contributed by atoms with Gasteiger partial charge in [-0.05, 0) is 19.4 Å². The van der Waals surface area contributed by atoms with Crippen LogP contribution in [0.4, 0.5) is 0 Å². The number of likely N-dealkylation sites (N-methyl/N-ethyl adjacent to an activating group) is 1. The van der Waals surface area contributed by atoms with Crippen LogP contribution < -0.4 is 0 Å². The van der Waals surface area contributed by atoms with Gasteiger partial charge in [-0.25, -0.2) is 0 Å². The summed E-state index contributed by atoms with van der Waals surface area (Å²) in [7, 11) is 6.16. The maximum absolute atomic E-state index is 5.25. The minimum atomic E-state index is 0.468. The van der Waals surface area contributed by atoms with Crippen molar-refractivity contribution in [1.82, 2.24) is 4.90 Å². The van der Waals surface area contributed by atoms with Crippen LogP contribution in [-0.2, 0) is 4.74 Å². The maximum atomic E-state index is 5.25. The van der Waals surface area contributed by atoms with Gasteiger partial charge in [0.25, 0.3) is 0 Å². The van der Waals surface area contributed by atoms with Gasteiger partial charge in [-0.1, -0.05) is 0 Å². The molecule has 52 valence electrons. The van der Waals surface area contributed by atoms with Crippen LogP contribution in [0, 0.1) is 0 Å². The Bertz CT molecular complexity index is 99.1. The summed E-state index contributed by atoms with van der Waals surface area (Å²) in [4.78, 5) is 2.30. The van der Waals surface area contributed by atoms with Gasteiger partial charge < -0.3 is 9.64 Å². The molecule has 1 heterocycles. The van der Waals surface area contributed by atoms with Crippen LogP contribution in [0.5, 0.6) is 0 Å². The van der Waals surface area contributed by atoms with Gasteiger partial charge >= 0.3 is 0 Å². The van der Waals surface area contributed by atoms with E-state index in [2.05, 4.69) is 19.8 Å². The third-order valence-electron chi connectivity index (χ3n) is 2.03. The highest BCUT2D eigenvalue weighted by Crippen LogP contribution is 2.19. The predicted octanol–water partition coefficient (Wildman–Crippen LogP) is -0.632. The summed E-state index contributed by atoms with van der Waals surface area (Å²) in [5.74, 6) is 0.708. The van der Waals surface area contributed by atoms with Crippen molar-refractivity contribution >= 4 is 7.85 Å². The average Bonchev–Trinajstić information content (AvgIpc) is 2.10. The minimum absolute atomic E-state index is 0.468. The average molecular weight is 127 g/mol. The van der Waals surface area contributed by atoms with E-state index in [0.717, 1.165) is 6.54 Å². The molecule has 9 heavy (non-hydrogen) atoms. The van der Waals surface area contributed by atoms with Gasteiger partial charge in [-0.3, -0.25) is 0 Å². The first-order chi connectivity index (χ1) is 4.24. The Morgan fingerprint density at radius 1 is 1.56 bits per heavy atom. The van der Waals surface area contributed by atoms with E-state index in [9.17, 15) is 0 Å². The Morgan fingerprint density at radius 2 is 2.22 bits per heavy atom. The van der Waals surface area contributed by atoms with Gasteiger partial charge in [0.1, 0.15) is 7.85 Å². The van der Waals surface area contributed by atoms with Crippen molar-refractivity contribution in [2.24, 2.45) is 0 Å². The lowest BCUT2D eigenvalue weighted by atomic mass is 9.85. The van der Waals surface area contributed by atoms with Crippen molar-refractivity contribution in [3.05, 3.63) is 0 Å². The topological polar surface area (TPSA) is 12.5 Å². The molecule has 0 radical (unpaired) electrons. The predicted molar refractivity (Wildman–Crippen MR) is 40.6 cm³/mol. The lowest BCUT2D eigenvalue weighted by Crippen LogP contribution is -2.18. The molecule has 1 aliphatic rings. The highest BCUT2D eigenvalue weighted by Gasteiger charge is 2.26. The van der Waals surface area contributed by atoms with Gasteiger partial charge in [0.05, 0.1) is 6.10 Å². The van der Waals surface area contributed by atoms with Crippen molar-refractivity contribution in [3.8, 4) is 0 Å². The first-order valence-corrected chi connectivity index (χ1v) is 3.45. The molecule has 1 saturated heterocycles. The first-order valence-electron chi connectivity index (χ1n) is 3.45. The summed E-state index contributed by atoms with van der Waals surface area (Å²) >= 11 is 0. The van der Waals surface area contributed by atoms with Crippen LogP contribution in [-0.4, -0.2) is 46.1 Å². The molecule has 0 bridgehead atoms. The number of ether oxygens (including phenoxy) is 1. The number of likely N-dealkylation sites (tertiary alicyclic amines) is 1. The largest absolute Gasteiger partial charge is 0.381 e. The molecule has 0 N–H and O–H groups in total. The third-order valence-corrected chi connectivity index (χ3v) is 2.03. The molecule has 0 aromatic heterocycles. The second-order valence-electron chi connectivity index (χ2n) is 2.97. The molecule has 0 amide bonds. The Labute approximate surface area is 57.6 Å². The number of hydrogen-bond acceptors (Lipinski definition) is 2. The number of rotatable bonds is 1. The van der Waals surface area contributed by atoms with E-state index >= 15 is 0 Å². The van der Waals surface area contributed by atoms with Crippen LogP contribution in [0.25, 0.3) is 0 Å². The molecule has 0 aromatic carbocycles. The molecule has 2 nitrogen and oxygen atoms in total. The highest BCUT2D eigenvalue weighted by atomic mass is 16.5. The van der Waals surface area contributed by atoms with Crippen molar-refractivity contribution in [2.45, 2.75) is 11.9 Å². The minimum Gasteiger partial charge on any atom is -0.381 e. The maximum Gasteiger partial charge on any atom is 0.110 e.